The molecule has 0 spiro atoms. The van der Waals surface area contributed by atoms with Gasteiger partial charge in [-0.15, -0.1) is 0 Å². The van der Waals surface area contributed by atoms with E-state index in [4.69, 9.17) is 4.74 Å². The Kier molecular flexibility index (Phi) is 6.22. The van der Waals surface area contributed by atoms with Crippen molar-refractivity contribution in [1.82, 2.24) is 4.98 Å². The number of ether oxygens (including phenoxy) is 1. The first-order valence-electron chi connectivity index (χ1n) is 8.95. The average Bonchev–Trinajstić information content (AvgIpc) is 2.70. The van der Waals surface area contributed by atoms with Crippen molar-refractivity contribution in [3.05, 3.63) is 83.3 Å². The smallest absolute Gasteiger partial charge is 0.257 e. The predicted molar refractivity (Wildman–Crippen MR) is 109 cm³/mol. The van der Waals surface area contributed by atoms with Crippen LogP contribution in [0.25, 0.3) is 0 Å². The first-order valence-corrected chi connectivity index (χ1v) is 8.95. The molecule has 0 aliphatic carbocycles. The van der Waals surface area contributed by atoms with Crippen LogP contribution in [0.2, 0.25) is 0 Å². The van der Waals surface area contributed by atoms with E-state index in [0.717, 1.165) is 17.5 Å². The van der Waals surface area contributed by atoms with E-state index < -0.39 is 0 Å². The molecule has 3 rings (SSSR count). The molecule has 5 nitrogen and oxygen atoms in total. The molecule has 0 fully saturated rings. The summed E-state index contributed by atoms with van der Waals surface area (Å²) in [7, 11) is 1.56. The molecule has 144 valence electrons. The highest BCUT2D eigenvalue weighted by Gasteiger charge is 2.10. The molecular formula is C22H22FN3O2. The van der Waals surface area contributed by atoms with Crippen LogP contribution in [0.15, 0.2) is 60.8 Å². The zero-order valence-electron chi connectivity index (χ0n) is 15.8. The minimum atomic E-state index is -0.255. The molecule has 0 radical (unpaired) electrons. The number of aryl methyl sites for hydroxylation is 1. The lowest BCUT2D eigenvalue weighted by atomic mass is 10.1. The molecule has 0 atom stereocenters. The van der Waals surface area contributed by atoms with E-state index in [1.807, 2.05) is 25.1 Å². The zero-order valence-corrected chi connectivity index (χ0v) is 15.8. The molecule has 1 aromatic heterocycles. The first kappa shape index (κ1) is 19.4. The van der Waals surface area contributed by atoms with Gasteiger partial charge < -0.3 is 15.4 Å². The first-order chi connectivity index (χ1) is 13.5. The largest absolute Gasteiger partial charge is 0.495 e. The van der Waals surface area contributed by atoms with Crippen LogP contribution >= 0.6 is 0 Å². The fraction of sp³-hybridized carbons (Fsp3) is 0.182. The summed E-state index contributed by atoms with van der Waals surface area (Å²) in [5.74, 6) is 0.780. The molecule has 0 bridgehead atoms. The molecule has 3 aromatic rings. The quantitative estimate of drug-likeness (QED) is 0.637. The number of nitrogens with one attached hydrogen (secondary N) is 2. The van der Waals surface area contributed by atoms with Gasteiger partial charge in [0.25, 0.3) is 5.91 Å². The Morgan fingerprint density at radius 1 is 1.11 bits per heavy atom. The Balaban J connectivity index is 1.57. The van der Waals surface area contributed by atoms with Gasteiger partial charge >= 0.3 is 0 Å². The second-order valence-corrected chi connectivity index (χ2v) is 6.39. The molecule has 0 aliphatic rings. The molecule has 28 heavy (non-hydrogen) atoms. The average molecular weight is 379 g/mol. The Morgan fingerprint density at radius 3 is 2.57 bits per heavy atom. The Hall–Kier alpha value is -3.41. The van der Waals surface area contributed by atoms with Crippen molar-refractivity contribution in [3.63, 3.8) is 0 Å². The number of benzene rings is 2. The van der Waals surface area contributed by atoms with E-state index in [1.54, 1.807) is 31.4 Å². The van der Waals surface area contributed by atoms with Gasteiger partial charge in [-0.25, -0.2) is 9.37 Å². The van der Waals surface area contributed by atoms with E-state index in [1.165, 1.54) is 18.3 Å². The van der Waals surface area contributed by atoms with Crippen LogP contribution in [-0.4, -0.2) is 24.5 Å². The van der Waals surface area contributed by atoms with Crippen LogP contribution in [0.3, 0.4) is 0 Å². The number of methoxy groups -OCH3 is 1. The van der Waals surface area contributed by atoms with Gasteiger partial charge in [-0.1, -0.05) is 18.2 Å². The van der Waals surface area contributed by atoms with Crippen LogP contribution in [-0.2, 0) is 6.42 Å². The number of nitrogens with zero attached hydrogens (tertiary/aromatic N) is 1. The van der Waals surface area contributed by atoms with Crippen molar-refractivity contribution >= 4 is 17.4 Å². The number of aromatic nitrogens is 1. The van der Waals surface area contributed by atoms with Crippen LogP contribution < -0.4 is 15.4 Å². The third-order valence-corrected chi connectivity index (χ3v) is 4.26. The lowest BCUT2D eigenvalue weighted by Crippen LogP contribution is -2.13. The third kappa shape index (κ3) is 5.07. The summed E-state index contributed by atoms with van der Waals surface area (Å²) in [6.45, 7) is 2.60. The Morgan fingerprint density at radius 2 is 1.89 bits per heavy atom. The van der Waals surface area contributed by atoms with Gasteiger partial charge in [-0.05, 0) is 60.9 Å². The maximum absolute atomic E-state index is 12.9. The van der Waals surface area contributed by atoms with Crippen molar-refractivity contribution in [2.24, 2.45) is 0 Å². The lowest BCUT2D eigenvalue weighted by molar-refractivity contribution is 0.102. The highest BCUT2D eigenvalue weighted by molar-refractivity contribution is 6.05. The summed E-state index contributed by atoms with van der Waals surface area (Å²) in [6.07, 6.45) is 2.27. The summed E-state index contributed by atoms with van der Waals surface area (Å²) in [5, 5.41) is 6.05. The van der Waals surface area contributed by atoms with Gasteiger partial charge in [0.2, 0.25) is 0 Å². The summed E-state index contributed by atoms with van der Waals surface area (Å²) in [6, 6.07) is 15.5. The third-order valence-electron chi connectivity index (χ3n) is 4.26. The molecule has 0 aliphatic heterocycles. The van der Waals surface area contributed by atoms with E-state index >= 15 is 0 Å². The second kappa shape index (κ2) is 8.99. The summed E-state index contributed by atoms with van der Waals surface area (Å²) >= 11 is 0. The van der Waals surface area contributed by atoms with Crippen molar-refractivity contribution in [2.45, 2.75) is 13.3 Å². The van der Waals surface area contributed by atoms with Gasteiger partial charge in [-0.3, -0.25) is 4.79 Å². The van der Waals surface area contributed by atoms with Crippen molar-refractivity contribution in [1.29, 1.82) is 0 Å². The molecule has 2 N–H and O–H groups in total. The van der Waals surface area contributed by atoms with Crippen molar-refractivity contribution in [2.75, 3.05) is 24.3 Å². The number of amides is 1. The number of rotatable bonds is 7. The summed E-state index contributed by atoms with van der Waals surface area (Å²) < 4.78 is 18.2. The Labute approximate surface area is 163 Å². The number of carbonyl (C=O) groups is 1. The molecule has 2 aromatic carbocycles. The standard InChI is InChI=1S/C22H22FN3O2/c1-15-3-9-20(28-2)19(13-15)26-22(27)17-6-10-21(25-14-17)24-12-11-16-4-7-18(23)8-5-16/h3-10,13-14H,11-12H2,1-2H3,(H,24,25)(H,26,27). The zero-order chi connectivity index (χ0) is 19.9. The van der Waals surface area contributed by atoms with Gasteiger partial charge in [0.15, 0.2) is 0 Å². The predicted octanol–water partition coefficient (Wildman–Crippen LogP) is 4.44. The minimum absolute atomic E-state index is 0.240. The molecule has 6 heteroatoms. The molecule has 0 unspecified atom stereocenters. The maximum atomic E-state index is 12.9. The van der Waals surface area contributed by atoms with Crippen LogP contribution in [0.5, 0.6) is 5.75 Å². The molecular weight excluding hydrogens is 357 g/mol. The topological polar surface area (TPSA) is 63.2 Å². The summed E-state index contributed by atoms with van der Waals surface area (Å²) in [5.41, 5.74) is 3.13. The maximum Gasteiger partial charge on any atom is 0.257 e. The summed E-state index contributed by atoms with van der Waals surface area (Å²) in [4.78, 5) is 16.8. The number of hydrogen-bond donors (Lipinski definition) is 2. The number of carbonyl (C=O) groups excluding carboxylic acids is 1. The SMILES string of the molecule is COc1ccc(C)cc1NC(=O)c1ccc(NCCc2ccc(F)cc2)nc1. The number of pyridine rings is 1. The fourth-order valence-electron chi connectivity index (χ4n) is 2.73. The van der Waals surface area contributed by atoms with Crippen LogP contribution in [0, 0.1) is 12.7 Å². The van der Waals surface area contributed by atoms with Gasteiger partial charge in [0, 0.05) is 12.7 Å². The van der Waals surface area contributed by atoms with Gasteiger partial charge in [0.1, 0.15) is 17.4 Å². The van der Waals surface area contributed by atoms with E-state index in [-0.39, 0.29) is 11.7 Å². The van der Waals surface area contributed by atoms with E-state index in [0.29, 0.717) is 29.4 Å². The van der Waals surface area contributed by atoms with Crippen LogP contribution in [0.1, 0.15) is 21.5 Å². The monoisotopic (exact) mass is 379 g/mol. The van der Waals surface area contributed by atoms with Crippen LogP contribution in [0.4, 0.5) is 15.9 Å². The highest BCUT2D eigenvalue weighted by Crippen LogP contribution is 2.25. The number of hydrogen-bond acceptors (Lipinski definition) is 4. The van der Waals surface area contributed by atoms with Gasteiger partial charge in [-0.2, -0.15) is 0 Å². The van der Waals surface area contributed by atoms with E-state index in [9.17, 15) is 9.18 Å². The number of anilines is 2. The normalized spacial score (nSPS) is 10.4. The second-order valence-electron chi connectivity index (χ2n) is 6.39. The number of halogens is 1. The van der Waals surface area contributed by atoms with Crippen molar-refractivity contribution in [3.8, 4) is 5.75 Å². The van der Waals surface area contributed by atoms with Crippen molar-refractivity contribution < 1.29 is 13.9 Å². The molecule has 1 heterocycles. The molecule has 0 saturated carbocycles. The fourth-order valence-corrected chi connectivity index (χ4v) is 2.73. The molecule has 0 saturated heterocycles. The van der Waals surface area contributed by atoms with E-state index in [2.05, 4.69) is 15.6 Å². The molecule has 1 amide bonds. The minimum Gasteiger partial charge on any atom is -0.495 e. The van der Waals surface area contributed by atoms with Gasteiger partial charge in [0.05, 0.1) is 18.4 Å². The Bertz CT molecular complexity index is 941. The lowest BCUT2D eigenvalue weighted by Gasteiger charge is -2.11. The highest BCUT2D eigenvalue weighted by atomic mass is 19.1.